The van der Waals surface area contributed by atoms with Crippen LogP contribution in [0.1, 0.15) is 25.7 Å². The minimum atomic E-state index is 0.693. The van der Waals surface area contributed by atoms with Gasteiger partial charge in [-0.05, 0) is 25.9 Å². The van der Waals surface area contributed by atoms with Crippen molar-refractivity contribution in [2.24, 2.45) is 0 Å². The summed E-state index contributed by atoms with van der Waals surface area (Å²) in [5.74, 6) is 2.12. The third-order valence-corrected chi connectivity index (χ3v) is 3.12. The fourth-order valence-electron chi connectivity index (χ4n) is 1.40. The average molecular weight is 184 g/mol. The van der Waals surface area contributed by atoms with Crippen molar-refractivity contribution in [1.82, 2.24) is 4.90 Å². The Morgan fingerprint density at radius 2 is 2.00 bits per heavy atom. The second kappa shape index (κ2) is 6.33. The zero-order valence-electron chi connectivity index (χ0n) is 7.46. The molecule has 68 valence electrons. The third-order valence-electron chi connectivity index (χ3n) is 2.08. The fourth-order valence-corrected chi connectivity index (χ4v) is 2.28. The predicted octanol–water partition coefficient (Wildman–Crippen LogP) is 2.08. The highest BCUT2D eigenvalue weighted by Gasteiger charge is 2.08. The van der Waals surface area contributed by atoms with E-state index in [1.807, 2.05) is 11.8 Å². The summed E-state index contributed by atoms with van der Waals surface area (Å²) in [6.45, 7) is 2.53. The Kier molecular flexibility index (Phi) is 5.21. The number of hydrogen-bond donors (Lipinski definition) is 0. The summed E-state index contributed by atoms with van der Waals surface area (Å²) in [5.41, 5.74) is 0. The van der Waals surface area contributed by atoms with Crippen molar-refractivity contribution < 1.29 is 0 Å². The smallest absolute Gasteiger partial charge is 0.0630 e. The largest absolute Gasteiger partial charge is 0.294 e. The zero-order chi connectivity index (χ0) is 8.65. The topological polar surface area (TPSA) is 27.0 Å². The Labute approximate surface area is 78.9 Å². The maximum absolute atomic E-state index is 8.33. The van der Waals surface area contributed by atoms with Gasteiger partial charge in [0.05, 0.1) is 6.07 Å². The normalized spacial score (nSPS) is 18.9. The van der Waals surface area contributed by atoms with Crippen LogP contribution < -0.4 is 0 Å². The molecule has 1 heterocycles. The number of hydrogen-bond acceptors (Lipinski definition) is 3. The number of thioether (sulfide) groups is 1. The standard InChI is InChI=1S/C9H16N2S/c10-5-4-8-12-9-11-6-2-1-3-7-11/h1-4,6-9H2. The van der Waals surface area contributed by atoms with E-state index in [1.165, 1.54) is 32.4 Å². The Morgan fingerprint density at radius 3 is 2.67 bits per heavy atom. The van der Waals surface area contributed by atoms with Gasteiger partial charge < -0.3 is 0 Å². The lowest BCUT2D eigenvalue weighted by Gasteiger charge is -2.25. The van der Waals surface area contributed by atoms with Gasteiger partial charge in [-0.1, -0.05) is 6.42 Å². The van der Waals surface area contributed by atoms with Gasteiger partial charge in [-0.2, -0.15) is 5.26 Å². The van der Waals surface area contributed by atoms with Gasteiger partial charge in [0.2, 0.25) is 0 Å². The summed E-state index contributed by atoms with van der Waals surface area (Å²) < 4.78 is 0. The molecule has 0 unspecified atom stereocenters. The molecule has 0 aliphatic carbocycles. The van der Waals surface area contributed by atoms with E-state index in [0.29, 0.717) is 6.42 Å². The van der Waals surface area contributed by atoms with Crippen LogP contribution in [-0.4, -0.2) is 29.6 Å². The van der Waals surface area contributed by atoms with Crippen LogP contribution in [0.2, 0.25) is 0 Å². The van der Waals surface area contributed by atoms with Crippen LogP contribution in [0.3, 0.4) is 0 Å². The molecule has 3 heteroatoms. The summed E-state index contributed by atoms with van der Waals surface area (Å²) in [6, 6.07) is 2.17. The van der Waals surface area contributed by atoms with E-state index in [9.17, 15) is 0 Å². The quantitative estimate of drug-likeness (QED) is 0.626. The molecule has 1 fully saturated rings. The molecular weight excluding hydrogens is 168 g/mol. The van der Waals surface area contributed by atoms with Crippen LogP contribution in [0, 0.1) is 11.3 Å². The zero-order valence-corrected chi connectivity index (χ0v) is 8.28. The third kappa shape index (κ3) is 3.99. The minimum Gasteiger partial charge on any atom is -0.294 e. The van der Waals surface area contributed by atoms with Crippen molar-refractivity contribution in [2.45, 2.75) is 25.7 Å². The molecule has 0 radical (unpaired) electrons. The maximum atomic E-state index is 8.33. The van der Waals surface area contributed by atoms with Crippen molar-refractivity contribution in [2.75, 3.05) is 24.7 Å². The molecule has 0 N–H and O–H groups in total. The van der Waals surface area contributed by atoms with Crippen LogP contribution in [0.4, 0.5) is 0 Å². The molecule has 0 saturated carbocycles. The Balaban J connectivity index is 1.95. The van der Waals surface area contributed by atoms with Crippen LogP contribution in [0.15, 0.2) is 0 Å². The van der Waals surface area contributed by atoms with E-state index < -0.39 is 0 Å². The Morgan fingerprint density at radius 1 is 1.25 bits per heavy atom. The molecule has 0 amide bonds. The molecule has 2 nitrogen and oxygen atoms in total. The van der Waals surface area contributed by atoms with Crippen LogP contribution in [-0.2, 0) is 0 Å². The van der Waals surface area contributed by atoms with Crippen molar-refractivity contribution in [1.29, 1.82) is 5.26 Å². The Bertz CT molecular complexity index is 147. The lowest BCUT2D eigenvalue weighted by Crippen LogP contribution is -2.29. The van der Waals surface area contributed by atoms with E-state index in [4.69, 9.17) is 5.26 Å². The van der Waals surface area contributed by atoms with E-state index in [-0.39, 0.29) is 0 Å². The van der Waals surface area contributed by atoms with E-state index in [0.717, 1.165) is 11.6 Å². The summed E-state index contributed by atoms with van der Waals surface area (Å²) in [4.78, 5) is 2.49. The average Bonchev–Trinajstić information content (AvgIpc) is 2.14. The first-order valence-electron chi connectivity index (χ1n) is 4.60. The summed E-state index contributed by atoms with van der Waals surface area (Å²) in [6.07, 6.45) is 4.81. The van der Waals surface area contributed by atoms with Gasteiger partial charge in [-0.15, -0.1) is 11.8 Å². The van der Waals surface area contributed by atoms with Gasteiger partial charge in [-0.25, -0.2) is 0 Å². The van der Waals surface area contributed by atoms with E-state index in [2.05, 4.69) is 11.0 Å². The lowest BCUT2D eigenvalue weighted by atomic mass is 10.1. The first kappa shape index (κ1) is 9.88. The summed E-state index contributed by atoms with van der Waals surface area (Å²) >= 11 is 1.89. The molecule has 12 heavy (non-hydrogen) atoms. The molecule has 0 atom stereocenters. The van der Waals surface area contributed by atoms with Gasteiger partial charge in [0, 0.05) is 18.1 Å². The molecule has 0 spiro atoms. The van der Waals surface area contributed by atoms with Crippen molar-refractivity contribution in [3.63, 3.8) is 0 Å². The number of piperidine rings is 1. The second-order valence-electron chi connectivity index (χ2n) is 3.12. The van der Waals surface area contributed by atoms with E-state index in [1.54, 1.807) is 0 Å². The monoisotopic (exact) mass is 184 g/mol. The summed E-state index contributed by atoms with van der Waals surface area (Å²) in [5, 5.41) is 8.33. The fraction of sp³-hybridized carbons (Fsp3) is 0.889. The highest BCUT2D eigenvalue weighted by molar-refractivity contribution is 7.99. The van der Waals surface area contributed by atoms with Crippen molar-refractivity contribution >= 4 is 11.8 Å². The first-order chi connectivity index (χ1) is 5.93. The van der Waals surface area contributed by atoms with Gasteiger partial charge in [-0.3, -0.25) is 4.90 Å². The minimum absolute atomic E-state index is 0.693. The molecule has 1 aliphatic rings. The molecule has 0 bridgehead atoms. The van der Waals surface area contributed by atoms with Gasteiger partial charge in [0.15, 0.2) is 0 Å². The molecule has 1 rings (SSSR count). The van der Waals surface area contributed by atoms with Gasteiger partial charge in [0.25, 0.3) is 0 Å². The van der Waals surface area contributed by atoms with E-state index >= 15 is 0 Å². The second-order valence-corrected chi connectivity index (χ2v) is 4.20. The highest BCUT2D eigenvalue weighted by atomic mass is 32.2. The maximum Gasteiger partial charge on any atom is 0.0630 e. The van der Waals surface area contributed by atoms with Crippen LogP contribution in [0.5, 0.6) is 0 Å². The van der Waals surface area contributed by atoms with Gasteiger partial charge >= 0.3 is 0 Å². The predicted molar refractivity (Wildman–Crippen MR) is 53.0 cm³/mol. The van der Waals surface area contributed by atoms with Crippen molar-refractivity contribution in [3.05, 3.63) is 0 Å². The van der Waals surface area contributed by atoms with Crippen LogP contribution >= 0.6 is 11.8 Å². The molecular formula is C9H16N2S. The number of nitriles is 1. The first-order valence-corrected chi connectivity index (χ1v) is 5.76. The summed E-state index contributed by atoms with van der Waals surface area (Å²) in [7, 11) is 0. The molecule has 0 aromatic heterocycles. The molecule has 1 aliphatic heterocycles. The molecule has 0 aromatic rings. The SMILES string of the molecule is N#CCCSCN1CCCCC1. The number of likely N-dealkylation sites (tertiary alicyclic amines) is 1. The lowest BCUT2D eigenvalue weighted by molar-refractivity contribution is 0.266. The number of rotatable bonds is 4. The highest BCUT2D eigenvalue weighted by Crippen LogP contribution is 2.12. The van der Waals surface area contributed by atoms with Crippen LogP contribution in [0.25, 0.3) is 0 Å². The van der Waals surface area contributed by atoms with Crippen molar-refractivity contribution in [3.8, 4) is 6.07 Å². The number of nitrogens with zero attached hydrogens (tertiary/aromatic N) is 2. The molecule has 0 aromatic carbocycles. The Hall–Kier alpha value is -0.200. The molecule has 1 saturated heterocycles. The van der Waals surface area contributed by atoms with Gasteiger partial charge in [0.1, 0.15) is 0 Å².